The van der Waals surface area contributed by atoms with Gasteiger partial charge in [-0.05, 0) is 36.3 Å². The molecule has 1 aliphatic rings. The first-order valence-electron chi connectivity index (χ1n) is 8.02. The molecule has 0 radical (unpaired) electrons. The molecule has 2 heterocycles. The fourth-order valence-electron chi connectivity index (χ4n) is 3.52. The molecule has 124 valence electrons. The molecule has 1 fully saturated rings. The fourth-order valence-corrected chi connectivity index (χ4v) is 3.68. The summed E-state index contributed by atoms with van der Waals surface area (Å²) in [6.07, 6.45) is 7.13. The van der Waals surface area contributed by atoms with Crippen molar-refractivity contribution in [3.8, 4) is 0 Å². The Morgan fingerprint density at radius 1 is 1.48 bits per heavy atom. The SMILES string of the molecule is CC1(C)CCCC1(N)C(=O)NCCc1c[nH]c2cnc(Cl)cc12. The third-order valence-electron chi connectivity index (χ3n) is 5.28. The average Bonchev–Trinajstić information content (AvgIpc) is 3.01. The molecule has 0 aromatic carbocycles. The van der Waals surface area contributed by atoms with Gasteiger partial charge in [-0.3, -0.25) is 4.79 Å². The predicted octanol–water partition coefficient (Wildman–Crippen LogP) is 2.78. The minimum absolute atomic E-state index is 0.0421. The molecule has 4 N–H and O–H groups in total. The number of aromatic nitrogens is 2. The van der Waals surface area contributed by atoms with E-state index in [0.717, 1.165) is 42.1 Å². The summed E-state index contributed by atoms with van der Waals surface area (Å²) in [4.78, 5) is 19.8. The maximum atomic E-state index is 12.6. The largest absolute Gasteiger partial charge is 0.360 e. The van der Waals surface area contributed by atoms with Gasteiger partial charge in [0.05, 0.1) is 11.7 Å². The van der Waals surface area contributed by atoms with Crippen LogP contribution in [0.1, 0.15) is 38.7 Å². The average molecular weight is 335 g/mol. The van der Waals surface area contributed by atoms with Crippen LogP contribution in [-0.4, -0.2) is 28.0 Å². The van der Waals surface area contributed by atoms with Crippen LogP contribution in [-0.2, 0) is 11.2 Å². The number of H-pyrrole nitrogens is 1. The highest BCUT2D eigenvalue weighted by molar-refractivity contribution is 6.30. The fraction of sp³-hybridized carbons (Fsp3) is 0.529. The van der Waals surface area contributed by atoms with Gasteiger partial charge in [0.1, 0.15) is 10.7 Å². The van der Waals surface area contributed by atoms with E-state index in [1.54, 1.807) is 6.20 Å². The number of fused-ring (bicyclic) bond motifs is 1. The molecule has 23 heavy (non-hydrogen) atoms. The molecule has 5 nitrogen and oxygen atoms in total. The first-order chi connectivity index (χ1) is 10.8. The Hall–Kier alpha value is -1.59. The number of nitrogens with one attached hydrogen (secondary N) is 2. The Bertz CT molecular complexity index is 739. The van der Waals surface area contributed by atoms with Crippen LogP contribution >= 0.6 is 11.6 Å². The molecule has 0 spiro atoms. The van der Waals surface area contributed by atoms with Gasteiger partial charge in [-0.25, -0.2) is 4.98 Å². The predicted molar refractivity (Wildman–Crippen MR) is 92.4 cm³/mol. The van der Waals surface area contributed by atoms with E-state index in [0.29, 0.717) is 11.7 Å². The van der Waals surface area contributed by atoms with Gasteiger partial charge >= 0.3 is 0 Å². The first kappa shape index (κ1) is 16.3. The van der Waals surface area contributed by atoms with Crippen molar-refractivity contribution in [3.05, 3.63) is 29.2 Å². The molecule has 0 aliphatic heterocycles. The topological polar surface area (TPSA) is 83.8 Å². The van der Waals surface area contributed by atoms with Crippen molar-refractivity contribution in [1.29, 1.82) is 0 Å². The van der Waals surface area contributed by atoms with Crippen molar-refractivity contribution in [3.63, 3.8) is 0 Å². The quantitative estimate of drug-likeness (QED) is 0.752. The monoisotopic (exact) mass is 334 g/mol. The van der Waals surface area contributed by atoms with Gasteiger partial charge in [-0.15, -0.1) is 0 Å². The maximum Gasteiger partial charge on any atom is 0.240 e. The summed E-state index contributed by atoms with van der Waals surface area (Å²) < 4.78 is 0. The lowest BCUT2D eigenvalue weighted by atomic mass is 9.75. The zero-order valence-electron chi connectivity index (χ0n) is 13.6. The number of hydrogen-bond acceptors (Lipinski definition) is 3. The Balaban J connectivity index is 1.65. The van der Waals surface area contributed by atoms with Crippen LogP contribution in [0.3, 0.4) is 0 Å². The van der Waals surface area contributed by atoms with Gasteiger partial charge in [0.2, 0.25) is 5.91 Å². The normalized spacial score (nSPS) is 23.3. The van der Waals surface area contributed by atoms with Gasteiger partial charge in [0.25, 0.3) is 0 Å². The number of pyridine rings is 1. The molecule has 0 bridgehead atoms. The molecule has 2 aromatic heterocycles. The van der Waals surface area contributed by atoms with Gasteiger partial charge < -0.3 is 16.0 Å². The van der Waals surface area contributed by atoms with Crippen molar-refractivity contribution in [2.24, 2.45) is 11.1 Å². The van der Waals surface area contributed by atoms with Crippen LogP contribution in [0, 0.1) is 5.41 Å². The second-order valence-electron chi connectivity index (χ2n) is 7.08. The van der Waals surface area contributed by atoms with Gasteiger partial charge in [-0.2, -0.15) is 0 Å². The van der Waals surface area contributed by atoms with E-state index in [-0.39, 0.29) is 11.3 Å². The van der Waals surface area contributed by atoms with Crippen molar-refractivity contribution >= 4 is 28.4 Å². The Labute approximate surface area is 141 Å². The molecule has 6 heteroatoms. The summed E-state index contributed by atoms with van der Waals surface area (Å²) >= 11 is 5.96. The minimum atomic E-state index is -0.763. The molecular formula is C17H23ClN4O. The van der Waals surface area contributed by atoms with Crippen molar-refractivity contribution in [1.82, 2.24) is 15.3 Å². The number of halogens is 1. The third-order valence-corrected chi connectivity index (χ3v) is 5.49. The highest BCUT2D eigenvalue weighted by Gasteiger charge is 2.51. The van der Waals surface area contributed by atoms with E-state index < -0.39 is 5.54 Å². The Morgan fingerprint density at radius 3 is 2.96 bits per heavy atom. The van der Waals surface area contributed by atoms with E-state index in [1.807, 2.05) is 12.3 Å². The lowest BCUT2D eigenvalue weighted by Crippen LogP contribution is -2.60. The lowest BCUT2D eigenvalue weighted by molar-refractivity contribution is -0.129. The summed E-state index contributed by atoms with van der Waals surface area (Å²) in [7, 11) is 0. The standard InChI is InChI=1S/C17H23ClN4O/c1-16(2)5-3-6-17(16,19)15(23)20-7-4-11-9-21-13-10-22-14(18)8-12(11)13/h8-10,21H,3-7,19H2,1-2H3,(H,20,23). The van der Waals surface area contributed by atoms with Crippen molar-refractivity contribution in [2.75, 3.05) is 6.54 Å². The van der Waals surface area contributed by atoms with Crippen LogP contribution in [0.15, 0.2) is 18.5 Å². The minimum Gasteiger partial charge on any atom is -0.360 e. The summed E-state index contributed by atoms with van der Waals surface area (Å²) in [5.74, 6) is -0.0421. The van der Waals surface area contributed by atoms with E-state index in [2.05, 4.69) is 29.1 Å². The summed E-state index contributed by atoms with van der Waals surface area (Å²) in [5, 5.41) is 4.52. The first-order valence-corrected chi connectivity index (χ1v) is 8.40. The molecule has 1 saturated carbocycles. The van der Waals surface area contributed by atoms with Gasteiger partial charge in [0.15, 0.2) is 0 Å². The van der Waals surface area contributed by atoms with E-state index >= 15 is 0 Å². The molecule has 1 atom stereocenters. The summed E-state index contributed by atoms with van der Waals surface area (Å²) in [5.41, 5.74) is 7.55. The van der Waals surface area contributed by atoms with Crippen molar-refractivity contribution in [2.45, 2.75) is 45.1 Å². The molecule has 1 aliphatic carbocycles. The van der Waals surface area contributed by atoms with E-state index in [4.69, 9.17) is 17.3 Å². The highest BCUT2D eigenvalue weighted by atomic mass is 35.5. The van der Waals surface area contributed by atoms with Crippen LogP contribution < -0.4 is 11.1 Å². The summed E-state index contributed by atoms with van der Waals surface area (Å²) in [6, 6.07) is 1.84. The number of amides is 1. The number of rotatable bonds is 4. The number of aromatic amines is 1. The number of hydrogen-bond donors (Lipinski definition) is 3. The Kier molecular flexibility index (Phi) is 4.10. The zero-order chi connectivity index (χ0) is 16.7. The number of carbonyl (C=O) groups is 1. The maximum absolute atomic E-state index is 12.6. The molecule has 2 aromatic rings. The smallest absolute Gasteiger partial charge is 0.240 e. The van der Waals surface area contributed by atoms with E-state index in [1.165, 1.54) is 0 Å². The number of nitrogens with zero attached hydrogens (tertiary/aromatic N) is 1. The Morgan fingerprint density at radius 2 is 2.26 bits per heavy atom. The molecular weight excluding hydrogens is 312 g/mol. The zero-order valence-corrected chi connectivity index (χ0v) is 14.3. The second-order valence-corrected chi connectivity index (χ2v) is 7.47. The van der Waals surface area contributed by atoms with Crippen LogP contribution in [0.4, 0.5) is 0 Å². The molecule has 3 rings (SSSR count). The van der Waals surface area contributed by atoms with Gasteiger partial charge in [0, 0.05) is 18.1 Å². The van der Waals surface area contributed by atoms with Crippen LogP contribution in [0.2, 0.25) is 5.15 Å². The highest BCUT2D eigenvalue weighted by Crippen LogP contribution is 2.44. The molecule has 1 amide bonds. The van der Waals surface area contributed by atoms with Crippen LogP contribution in [0.25, 0.3) is 10.9 Å². The lowest BCUT2D eigenvalue weighted by Gasteiger charge is -2.36. The number of nitrogens with two attached hydrogens (primary N) is 1. The molecule has 1 unspecified atom stereocenters. The third kappa shape index (κ3) is 2.83. The van der Waals surface area contributed by atoms with Crippen LogP contribution in [0.5, 0.6) is 0 Å². The molecule has 0 saturated heterocycles. The number of carbonyl (C=O) groups excluding carboxylic acids is 1. The second kappa shape index (κ2) is 5.80. The van der Waals surface area contributed by atoms with Crippen molar-refractivity contribution < 1.29 is 4.79 Å². The van der Waals surface area contributed by atoms with Gasteiger partial charge in [-0.1, -0.05) is 31.9 Å². The summed E-state index contributed by atoms with van der Waals surface area (Å²) in [6.45, 7) is 4.71. The van der Waals surface area contributed by atoms with E-state index in [9.17, 15) is 4.79 Å².